The summed E-state index contributed by atoms with van der Waals surface area (Å²) in [6.45, 7) is 2.90. The zero-order chi connectivity index (χ0) is 19.2. The molecule has 26 heavy (non-hydrogen) atoms. The highest BCUT2D eigenvalue weighted by Crippen LogP contribution is 2.32. The summed E-state index contributed by atoms with van der Waals surface area (Å²) in [5.74, 6) is 0.123. The quantitative estimate of drug-likeness (QED) is 0.715. The fourth-order valence-corrected chi connectivity index (χ4v) is 1.81. The summed E-state index contributed by atoms with van der Waals surface area (Å²) in [5, 5.41) is 13.0. The molecule has 0 spiro atoms. The first-order valence-corrected chi connectivity index (χ1v) is 8.01. The number of halogens is 3. The number of anilines is 1. The second-order valence-corrected chi connectivity index (χ2v) is 5.27. The van der Waals surface area contributed by atoms with Crippen LogP contribution in [0, 0.1) is 0 Å². The van der Waals surface area contributed by atoms with Crippen LogP contribution in [0.3, 0.4) is 0 Å². The number of alkyl halides is 3. The minimum Gasteiger partial charge on any atom is -0.478 e. The Kier molecular flexibility index (Phi) is 6.36. The van der Waals surface area contributed by atoms with Crippen molar-refractivity contribution in [3.63, 3.8) is 0 Å². The molecule has 11 heteroatoms. The van der Waals surface area contributed by atoms with Gasteiger partial charge in [-0.2, -0.15) is 27.8 Å². The molecule has 0 atom stereocenters. The van der Waals surface area contributed by atoms with E-state index in [-0.39, 0.29) is 23.0 Å². The maximum absolute atomic E-state index is 12.5. The van der Waals surface area contributed by atoms with E-state index in [2.05, 4.69) is 44.4 Å². The average Bonchev–Trinajstić information content (AvgIpc) is 3.28. The maximum Gasteiger partial charge on any atom is 0.422 e. The SMILES string of the molecule is CCCC.CNc1nc2c(OCC(F)(F)F)c(-c3cn[nH]c3)ncn2n1. The van der Waals surface area contributed by atoms with Crippen LogP contribution in [0.1, 0.15) is 26.7 Å². The van der Waals surface area contributed by atoms with E-state index in [9.17, 15) is 13.2 Å². The lowest BCUT2D eigenvalue weighted by atomic mass is 10.2. The van der Waals surface area contributed by atoms with Crippen molar-refractivity contribution in [2.45, 2.75) is 32.9 Å². The Bertz CT molecular complexity index is 813. The number of ether oxygens (including phenoxy) is 1. The monoisotopic (exact) mass is 371 g/mol. The zero-order valence-corrected chi connectivity index (χ0v) is 14.6. The standard InChI is InChI=1S/C11H10F3N7O.C4H10/c1-15-10-19-9-8(22-4-11(12,13)14)7(6-2-17-18-3-6)16-5-21(9)20-10;1-3-4-2/h2-3,5H,4H2,1H3,(H,15,20)(H,17,18);3-4H2,1-2H3. The van der Waals surface area contributed by atoms with Crippen molar-refractivity contribution < 1.29 is 17.9 Å². The molecule has 8 nitrogen and oxygen atoms in total. The number of nitrogens with one attached hydrogen (secondary N) is 2. The van der Waals surface area contributed by atoms with E-state index >= 15 is 0 Å². The van der Waals surface area contributed by atoms with Gasteiger partial charge in [0.15, 0.2) is 12.4 Å². The fraction of sp³-hybridized carbons (Fsp3) is 0.467. The zero-order valence-electron chi connectivity index (χ0n) is 14.6. The predicted octanol–water partition coefficient (Wildman–Crippen LogP) is 3.30. The van der Waals surface area contributed by atoms with Gasteiger partial charge >= 0.3 is 6.18 Å². The largest absolute Gasteiger partial charge is 0.478 e. The lowest BCUT2D eigenvalue weighted by Crippen LogP contribution is -2.20. The molecule has 0 fully saturated rings. The smallest absolute Gasteiger partial charge is 0.422 e. The van der Waals surface area contributed by atoms with E-state index in [4.69, 9.17) is 4.74 Å². The number of rotatable bonds is 5. The molecule has 0 radical (unpaired) electrons. The Morgan fingerprint density at radius 1 is 1.27 bits per heavy atom. The van der Waals surface area contributed by atoms with Gasteiger partial charge < -0.3 is 10.1 Å². The van der Waals surface area contributed by atoms with Crippen LogP contribution >= 0.6 is 0 Å². The van der Waals surface area contributed by atoms with Crippen molar-refractivity contribution in [2.24, 2.45) is 0 Å². The molecule has 3 aromatic rings. The average molecular weight is 371 g/mol. The summed E-state index contributed by atoms with van der Waals surface area (Å²) in [5.41, 5.74) is 0.800. The van der Waals surface area contributed by atoms with Crippen LogP contribution < -0.4 is 10.1 Å². The number of aromatic nitrogens is 6. The van der Waals surface area contributed by atoms with Crippen LogP contribution in [0.2, 0.25) is 0 Å². The van der Waals surface area contributed by atoms with Gasteiger partial charge in [0.05, 0.1) is 6.20 Å². The third kappa shape index (κ3) is 4.83. The lowest BCUT2D eigenvalue weighted by Gasteiger charge is -2.12. The van der Waals surface area contributed by atoms with Crippen LogP contribution in [0.15, 0.2) is 18.7 Å². The van der Waals surface area contributed by atoms with Gasteiger partial charge in [-0.1, -0.05) is 26.7 Å². The Morgan fingerprint density at radius 3 is 2.54 bits per heavy atom. The van der Waals surface area contributed by atoms with Crippen molar-refractivity contribution in [3.05, 3.63) is 18.7 Å². The highest BCUT2D eigenvalue weighted by molar-refractivity contribution is 5.73. The summed E-state index contributed by atoms with van der Waals surface area (Å²) in [7, 11) is 1.59. The molecule has 0 amide bonds. The molecule has 3 rings (SSSR count). The fourth-order valence-electron chi connectivity index (χ4n) is 1.81. The molecule has 0 aromatic carbocycles. The van der Waals surface area contributed by atoms with Gasteiger partial charge in [-0.05, 0) is 0 Å². The molecule has 0 aliphatic carbocycles. The molecule has 2 N–H and O–H groups in total. The first-order valence-electron chi connectivity index (χ1n) is 8.01. The second-order valence-electron chi connectivity index (χ2n) is 5.27. The molecule has 0 aliphatic rings. The van der Waals surface area contributed by atoms with Gasteiger partial charge in [-0.25, -0.2) is 4.98 Å². The predicted molar refractivity (Wildman–Crippen MR) is 90.0 cm³/mol. The number of nitrogens with zero attached hydrogens (tertiary/aromatic N) is 5. The van der Waals surface area contributed by atoms with Crippen LogP contribution in [0.25, 0.3) is 16.9 Å². The summed E-state index contributed by atoms with van der Waals surface area (Å²) in [6, 6.07) is 0. The van der Waals surface area contributed by atoms with E-state index in [1.54, 1.807) is 7.05 Å². The Hall–Kier alpha value is -2.85. The Balaban J connectivity index is 0.000000552. The van der Waals surface area contributed by atoms with E-state index < -0.39 is 12.8 Å². The van der Waals surface area contributed by atoms with Gasteiger partial charge in [0.2, 0.25) is 11.6 Å². The molecule has 0 aliphatic heterocycles. The third-order valence-electron chi connectivity index (χ3n) is 3.22. The molecule has 0 saturated carbocycles. The first kappa shape index (κ1) is 19.5. The molecule has 0 bridgehead atoms. The topological polar surface area (TPSA) is 93.0 Å². The molecule has 0 unspecified atom stereocenters. The highest BCUT2D eigenvalue weighted by atomic mass is 19.4. The van der Waals surface area contributed by atoms with E-state index in [0.29, 0.717) is 5.56 Å². The van der Waals surface area contributed by atoms with Crippen molar-refractivity contribution in [1.29, 1.82) is 0 Å². The molecule has 0 saturated heterocycles. The lowest BCUT2D eigenvalue weighted by molar-refractivity contribution is -0.153. The molecular formula is C15H20F3N7O. The van der Waals surface area contributed by atoms with Gasteiger partial charge in [-0.15, -0.1) is 5.10 Å². The van der Waals surface area contributed by atoms with Crippen LogP contribution in [-0.2, 0) is 0 Å². The molecule has 3 aromatic heterocycles. The van der Waals surface area contributed by atoms with Crippen molar-refractivity contribution in [1.82, 2.24) is 29.8 Å². The highest BCUT2D eigenvalue weighted by Gasteiger charge is 2.30. The minimum absolute atomic E-state index is 0.116. The number of hydrogen-bond acceptors (Lipinski definition) is 6. The summed E-state index contributed by atoms with van der Waals surface area (Å²) in [4.78, 5) is 8.16. The van der Waals surface area contributed by atoms with Gasteiger partial charge in [-0.3, -0.25) is 5.10 Å². The number of unbranched alkanes of at least 4 members (excludes halogenated alkanes) is 1. The van der Waals surface area contributed by atoms with E-state index in [1.807, 2.05) is 0 Å². The minimum atomic E-state index is -4.48. The summed E-state index contributed by atoms with van der Waals surface area (Å²) in [6.07, 6.45) is 2.42. The van der Waals surface area contributed by atoms with Crippen LogP contribution in [-0.4, -0.2) is 49.6 Å². The normalized spacial score (nSPS) is 11.2. The maximum atomic E-state index is 12.5. The number of hydrogen-bond donors (Lipinski definition) is 2. The number of fused-ring (bicyclic) bond motifs is 1. The first-order chi connectivity index (χ1) is 12.4. The van der Waals surface area contributed by atoms with Crippen LogP contribution in [0.5, 0.6) is 5.75 Å². The van der Waals surface area contributed by atoms with Gasteiger partial charge in [0.1, 0.15) is 12.0 Å². The second kappa shape index (κ2) is 8.50. The van der Waals surface area contributed by atoms with E-state index in [0.717, 1.165) is 0 Å². The van der Waals surface area contributed by atoms with Gasteiger partial charge in [0.25, 0.3) is 0 Å². The van der Waals surface area contributed by atoms with Gasteiger partial charge in [0, 0.05) is 18.8 Å². The molecular weight excluding hydrogens is 351 g/mol. The summed E-state index contributed by atoms with van der Waals surface area (Å²) < 4.78 is 43.6. The van der Waals surface area contributed by atoms with E-state index in [1.165, 1.54) is 36.1 Å². The Labute approximate surface area is 147 Å². The number of H-pyrrole nitrogens is 1. The third-order valence-corrected chi connectivity index (χ3v) is 3.22. The Morgan fingerprint density at radius 2 is 2.00 bits per heavy atom. The van der Waals surface area contributed by atoms with Crippen molar-refractivity contribution >= 4 is 11.6 Å². The molecule has 3 heterocycles. The van der Waals surface area contributed by atoms with Crippen molar-refractivity contribution in [2.75, 3.05) is 19.0 Å². The van der Waals surface area contributed by atoms with Crippen molar-refractivity contribution in [3.8, 4) is 17.0 Å². The van der Waals surface area contributed by atoms with Crippen LogP contribution in [0.4, 0.5) is 19.1 Å². The summed E-state index contributed by atoms with van der Waals surface area (Å²) >= 11 is 0. The molecule has 142 valence electrons. The number of aromatic amines is 1.